The van der Waals surface area contributed by atoms with E-state index in [0.717, 1.165) is 19.3 Å². The van der Waals surface area contributed by atoms with Crippen LogP contribution in [-0.4, -0.2) is 50.9 Å². The molecule has 5 rings (SSSR count). The number of halogens is 1. The zero-order chi connectivity index (χ0) is 26.0. The number of hydrogen-bond donors (Lipinski definition) is 1. The van der Waals surface area contributed by atoms with Crippen molar-refractivity contribution in [3.05, 3.63) is 83.4 Å². The van der Waals surface area contributed by atoms with Gasteiger partial charge in [0.1, 0.15) is 5.75 Å². The van der Waals surface area contributed by atoms with Crippen molar-refractivity contribution in [3.8, 4) is 5.75 Å². The third-order valence-electron chi connectivity index (χ3n) is 6.49. The predicted octanol–water partition coefficient (Wildman–Crippen LogP) is 4.56. The van der Waals surface area contributed by atoms with Gasteiger partial charge in [-0.2, -0.15) is 0 Å². The number of nitrogens with one attached hydrogen (secondary N) is 1. The van der Waals surface area contributed by atoms with Crippen LogP contribution >= 0.6 is 11.6 Å². The first-order valence-electron chi connectivity index (χ1n) is 12.1. The van der Waals surface area contributed by atoms with Gasteiger partial charge in [0.05, 0.1) is 28.4 Å². The molecule has 0 bridgehead atoms. The molecule has 0 unspecified atom stereocenters. The standard InChI is InChI=1S/C27H26ClN3O5S/c28-19-12-14-20(15-13-19)37(34,35)31-18-25(36-24-11-5-4-10-23(24)31)26(32)29-22-9-3-2-8-21(22)27(33)30-16-6-1-7-17-30/h2-5,8-15,25H,1,6-7,16-18H2,(H,29,32)/t25-/m0/s1. The Kier molecular flexibility index (Phi) is 7.08. The number of ether oxygens (including phenoxy) is 1. The first-order valence-corrected chi connectivity index (χ1v) is 13.9. The van der Waals surface area contributed by atoms with Crippen molar-refractivity contribution in [1.29, 1.82) is 0 Å². The van der Waals surface area contributed by atoms with E-state index in [4.69, 9.17) is 16.3 Å². The molecule has 3 aromatic rings. The van der Waals surface area contributed by atoms with E-state index in [1.807, 2.05) is 0 Å². The predicted molar refractivity (Wildman–Crippen MR) is 142 cm³/mol. The molecule has 1 atom stereocenters. The minimum Gasteiger partial charge on any atom is -0.476 e. The molecule has 0 saturated carbocycles. The first-order chi connectivity index (χ1) is 17.8. The Morgan fingerprint density at radius 1 is 0.892 bits per heavy atom. The highest BCUT2D eigenvalue weighted by Gasteiger charge is 2.38. The zero-order valence-electron chi connectivity index (χ0n) is 20.0. The number of sulfonamides is 1. The molecule has 2 amide bonds. The van der Waals surface area contributed by atoms with E-state index in [-0.39, 0.29) is 23.1 Å². The van der Waals surface area contributed by atoms with Crippen molar-refractivity contribution >= 4 is 44.8 Å². The van der Waals surface area contributed by atoms with Crippen LogP contribution in [0.2, 0.25) is 5.02 Å². The molecule has 0 radical (unpaired) electrons. The molecule has 0 aromatic heterocycles. The molecule has 0 spiro atoms. The summed E-state index contributed by atoms with van der Waals surface area (Å²) in [4.78, 5) is 28.4. The van der Waals surface area contributed by atoms with E-state index in [2.05, 4.69) is 5.32 Å². The second kappa shape index (κ2) is 10.4. The van der Waals surface area contributed by atoms with Gasteiger partial charge < -0.3 is 15.0 Å². The van der Waals surface area contributed by atoms with Gasteiger partial charge in [-0.1, -0.05) is 35.9 Å². The average Bonchev–Trinajstić information content (AvgIpc) is 2.93. The quantitative estimate of drug-likeness (QED) is 0.513. The largest absolute Gasteiger partial charge is 0.476 e. The van der Waals surface area contributed by atoms with E-state index in [9.17, 15) is 18.0 Å². The summed E-state index contributed by atoms with van der Waals surface area (Å²) in [6.45, 7) is 1.12. The Morgan fingerprint density at radius 3 is 2.32 bits per heavy atom. The van der Waals surface area contributed by atoms with Gasteiger partial charge in [0.15, 0.2) is 6.10 Å². The fourth-order valence-corrected chi connectivity index (χ4v) is 6.16. The number of hydrogen-bond acceptors (Lipinski definition) is 5. The number of nitrogens with zero attached hydrogens (tertiary/aromatic N) is 2. The molecule has 1 fully saturated rings. The van der Waals surface area contributed by atoms with E-state index < -0.39 is 22.0 Å². The Morgan fingerprint density at radius 2 is 1.57 bits per heavy atom. The van der Waals surface area contributed by atoms with Crippen molar-refractivity contribution in [3.63, 3.8) is 0 Å². The van der Waals surface area contributed by atoms with Crippen LogP contribution < -0.4 is 14.4 Å². The molecule has 1 N–H and O–H groups in total. The molecule has 3 aromatic carbocycles. The summed E-state index contributed by atoms with van der Waals surface area (Å²) in [7, 11) is -4.01. The number of fused-ring (bicyclic) bond motifs is 1. The van der Waals surface area contributed by atoms with Gasteiger partial charge >= 0.3 is 0 Å². The summed E-state index contributed by atoms with van der Waals surface area (Å²) >= 11 is 5.95. The highest BCUT2D eigenvalue weighted by atomic mass is 35.5. The van der Waals surface area contributed by atoms with Crippen LogP contribution in [0.4, 0.5) is 11.4 Å². The summed E-state index contributed by atoms with van der Waals surface area (Å²) < 4.78 is 34.2. The van der Waals surface area contributed by atoms with Crippen LogP contribution in [0.1, 0.15) is 29.6 Å². The Labute approximate surface area is 220 Å². The van der Waals surface area contributed by atoms with Crippen molar-refractivity contribution < 1.29 is 22.7 Å². The van der Waals surface area contributed by atoms with Crippen molar-refractivity contribution in [2.24, 2.45) is 0 Å². The summed E-state index contributed by atoms with van der Waals surface area (Å²) in [6.07, 6.45) is 1.86. The number of rotatable bonds is 5. The normalized spacial score (nSPS) is 17.5. The number of para-hydroxylation sites is 3. The molecule has 2 heterocycles. The molecule has 10 heteroatoms. The molecule has 2 aliphatic rings. The van der Waals surface area contributed by atoms with Gasteiger partial charge in [-0.3, -0.25) is 13.9 Å². The smallest absolute Gasteiger partial charge is 0.267 e. The summed E-state index contributed by atoms with van der Waals surface area (Å²) in [5.74, 6) is -0.425. The van der Waals surface area contributed by atoms with Crippen LogP contribution in [0.15, 0.2) is 77.7 Å². The SMILES string of the molecule is O=C(Nc1ccccc1C(=O)N1CCCCC1)[C@@H]1CN(S(=O)(=O)c2ccc(Cl)cc2)c2ccccc2O1. The van der Waals surface area contributed by atoms with Crippen molar-refractivity contribution in [1.82, 2.24) is 4.90 Å². The van der Waals surface area contributed by atoms with Crippen LogP contribution in [0.5, 0.6) is 5.75 Å². The van der Waals surface area contributed by atoms with Gasteiger partial charge in [-0.15, -0.1) is 0 Å². The lowest BCUT2D eigenvalue weighted by Crippen LogP contribution is -2.49. The van der Waals surface area contributed by atoms with Gasteiger partial charge in [-0.05, 0) is 67.8 Å². The summed E-state index contributed by atoms with van der Waals surface area (Å²) in [6, 6.07) is 19.3. The third kappa shape index (κ3) is 5.14. The maximum Gasteiger partial charge on any atom is 0.267 e. The van der Waals surface area contributed by atoms with Crippen molar-refractivity contribution in [2.75, 3.05) is 29.3 Å². The van der Waals surface area contributed by atoms with Crippen molar-refractivity contribution in [2.45, 2.75) is 30.3 Å². The molecule has 2 aliphatic heterocycles. The lowest BCUT2D eigenvalue weighted by molar-refractivity contribution is -0.122. The number of anilines is 2. The second-order valence-electron chi connectivity index (χ2n) is 8.95. The van der Waals surface area contributed by atoms with Crippen LogP contribution in [0.3, 0.4) is 0 Å². The Hall–Kier alpha value is -3.56. The van der Waals surface area contributed by atoms with E-state index in [0.29, 0.717) is 35.1 Å². The monoisotopic (exact) mass is 539 g/mol. The molecular weight excluding hydrogens is 514 g/mol. The number of amides is 2. The van der Waals surface area contributed by atoms with Crippen LogP contribution in [-0.2, 0) is 14.8 Å². The van der Waals surface area contributed by atoms with Crippen LogP contribution in [0, 0.1) is 0 Å². The van der Waals surface area contributed by atoms with E-state index >= 15 is 0 Å². The van der Waals surface area contributed by atoms with Gasteiger partial charge in [0.2, 0.25) is 0 Å². The number of likely N-dealkylation sites (tertiary alicyclic amines) is 1. The average molecular weight is 540 g/mol. The van der Waals surface area contributed by atoms with E-state index in [1.54, 1.807) is 53.4 Å². The Bertz CT molecular complexity index is 1420. The summed E-state index contributed by atoms with van der Waals surface area (Å²) in [5.41, 5.74) is 1.08. The van der Waals surface area contributed by atoms with Gasteiger partial charge in [0.25, 0.3) is 21.8 Å². The Balaban J connectivity index is 1.42. The number of carbonyl (C=O) groups excluding carboxylic acids is 2. The topological polar surface area (TPSA) is 96.0 Å². The molecule has 37 heavy (non-hydrogen) atoms. The lowest BCUT2D eigenvalue weighted by atomic mass is 10.1. The van der Waals surface area contributed by atoms with Gasteiger partial charge in [-0.25, -0.2) is 8.42 Å². The fourth-order valence-electron chi connectivity index (χ4n) is 4.56. The third-order valence-corrected chi connectivity index (χ3v) is 8.53. The number of piperidine rings is 1. The highest BCUT2D eigenvalue weighted by molar-refractivity contribution is 7.92. The molecule has 1 saturated heterocycles. The number of carbonyl (C=O) groups is 2. The van der Waals surface area contributed by atoms with Gasteiger partial charge in [0, 0.05) is 18.1 Å². The molecular formula is C27H26ClN3O5S. The first kappa shape index (κ1) is 25.1. The minimum atomic E-state index is -4.01. The van der Waals surface area contributed by atoms with E-state index in [1.165, 1.54) is 28.6 Å². The summed E-state index contributed by atoms with van der Waals surface area (Å²) in [5, 5.41) is 3.21. The molecule has 192 valence electrons. The molecule has 0 aliphatic carbocycles. The van der Waals surface area contributed by atoms with Crippen LogP contribution in [0.25, 0.3) is 0 Å². The molecule has 8 nitrogen and oxygen atoms in total. The maximum absolute atomic E-state index is 13.6. The highest BCUT2D eigenvalue weighted by Crippen LogP contribution is 2.37. The maximum atomic E-state index is 13.6. The lowest BCUT2D eigenvalue weighted by Gasteiger charge is -2.34. The fraction of sp³-hybridized carbons (Fsp3) is 0.259. The minimum absolute atomic E-state index is 0.0465. The zero-order valence-corrected chi connectivity index (χ0v) is 21.5. The number of benzene rings is 3. The second-order valence-corrected chi connectivity index (χ2v) is 11.3.